The molecule has 0 aliphatic heterocycles. The van der Waals surface area contributed by atoms with Crippen molar-refractivity contribution >= 4 is 16.9 Å². The summed E-state index contributed by atoms with van der Waals surface area (Å²) >= 11 is 0. The number of halogens is 3. The van der Waals surface area contributed by atoms with E-state index in [1.54, 1.807) is 4.68 Å². The third-order valence-electron chi connectivity index (χ3n) is 4.58. The number of ether oxygens (including phenoxy) is 1. The third kappa shape index (κ3) is 4.34. The predicted octanol–water partition coefficient (Wildman–Crippen LogP) is 5.66. The van der Waals surface area contributed by atoms with Crippen molar-refractivity contribution < 1.29 is 22.7 Å². The highest BCUT2D eigenvalue weighted by Crippen LogP contribution is 2.32. The molecule has 0 saturated carbocycles. The molecular weight excluding hydrogens is 381 g/mol. The maximum Gasteiger partial charge on any atom is 0.449 e. The minimum Gasteiger partial charge on any atom is -0.422 e. The lowest BCUT2D eigenvalue weighted by Gasteiger charge is -2.23. The molecule has 0 N–H and O–H groups in total. The van der Waals surface area contributed by atoms with Gasteiger partial charge in [-0.05, 0) is 32.9 Å². The van der Waals surface area contributed by atoms with E-state index in [4.69, 9.17) is 0 Å². The smallest absolute Gasteiger partial charge is 0.422 e. The van der Waals surface area contributed by atoms with E-state index in [9.17, 15) is 18.0 Å². The molecule has 0 unspecified atom stereocenters. The minimum absolute atomic E-state index is 0.0449. The summed E-state index contributed by atoms with van der Waals surface area (Å²) in [6, 6.07) is 15.4. The van der Waals surface area contributed by atoms with Gasteiger partial charge in [0.2, 0.25) is 5.76 Å². The normalized spacial score (nSPS) is 12.2. The molecule has 1 heterocycles. The van der Waals surface area contributed by atoms with Gasteiger partial charge in [0, 0.05) is 10.9 Å². The molecule has 0 aliphatic carbocycles. The first-order valence-corrected chi connectivity index (χ1v) is 9.00. The first-order valence-electron chi connectivity index (χ1n) is 9.00. The molecule has 1 aromatic heterocycles. The Labute approximate surface area is 166 Å². The SMILES string of the molecule is C=C(OC(=O)C(C)(C)Cn1nc(-c2cccc(C)c2)c2ccccc21)C(F)(F)F. The Morgan fingerprint density at radius 2 is 1.83 bits per heavy atom. The average molecular weight is 402 g/mol. The first-order chi connectivity index (χ1) is 13.5. The first kappa shape index (κ1) is 20.6. The summed E-state index contributed by atoms with van der Waals surface area (Å²) in [5.74, 6) is -2.54. The Hall–Kier alpha value is -3.09. The van der Waals surface area contributed by atoms with Crippen molar-refractivity contribution in [2.45, 2.75) is 33.5 Å². The van der Waals surface area contributed by atoms with Gasteiger partial charge >= 0.3 is 12.1 Å². The molecule has 0 atom stereocenters. The van der Waals surface area contributed by atoms with Crippen LogP contribution in [-0.4, -0.2) is 21.9 Å². The van der Waals surface area contributed by atoms with Crippen LogP contribution in [-0.2, 0) is 16.1 Å². The molecule has 0 radical (unpaired) electrons. The zero-order valence-corrected chi connectivity index (χ0v) is 16.4. The van der Waals surface area contributed by atoms with Crippen LogP contribution < -0.4 is 0 Å². The molecule has 2 aromatic carbocycles. The summed E-state index contributed by atoms with van der Waals surface area (Å²) in [4.78, 5) is 12.4. The number of allylic oxidation sites excluding steroid dienone is 1. The van der Waals surface area contributed by atoms with E-state index in [1.165, 1.54) is 13.8 Å². The average Bonchev–Trinajstić information content (AvgIpc) is 2.99. The molecule has 7 heteroatoms. The number of carbonyl (C=O) groups is 1. The van der Waals surface area contributed by atoms with Crippen molar-refractivity contribution in [1.29, 1.82) is 0 Å². The van der Waals surface area contributed by atoms with Crippen LogP contribution in [0.4, 0.5) is 13.2 Å². The lowest BCUT2D eigenvalue weighted by Crippen LogP contribution is -2.33. The van der Waals surface area contributed by atoms with E-state index in [0.717, 1.165) is 27.7 Å². The minimum atomic E-state index is -4.79. The number of aryl methyl sites for hydroxylation is 1. The quantitative estimate of drug-likeness (QED) is 0.409. The molecule has 3 rings (SSSR count). The molecule has 0 amide bonds. The van der Waals surface area contributed by atoms with Gasteiger partial charge in [0.05, 0.1) is 17.5 Å². The molecule has 0 fully saturated rings. The molecule has 0 aliphatic rings. The van der Waals surface area contributed by atoms with Crippen molar-refractivity contribution in [2.75, 3.05) is 0 Å². The van der Waals surface area contributed by atoms with Gasteiger partial charge in [-0.25, -0.2) is 0 Å². The van der Waals surface area contributed by atoms with Crippen LogP contribution >= 0.6 is 0 Å². The highest BCUT2D eigenvalue weighted by atomic mass is 19.4. The summed E-state index contributed by atoms with van der Waals surface area (Å²) in [6.07, 6.45) is -4.79. The lowest BCUT2D eigenvalue weighted by molar-refractivity contribution is -0.168. The topological polar surface area (TPSA) is 44.1 Å². The number of esters is 1. The van der Waals surface area contributed by atoms with Gasteiger partial charge in [0.15, 0.2) is 0 Å². The molecule has 4 nitrogen and oxygen atoms in total. The van der Waals surface area contributed by atoms with Crippen molar-refractivity contribution in [3.63, 3.8) is 0 Å². The van der Waals surface area contributed by atoms with Crippen LogP contribution in [0, 0.1) is 12.3 Å². The van der Waals surface area contributed by atoms with Gasteiger partial charge in [-0.15, -0.1) is 0 Å². The van der Waals surface area contributed by atoms with Gasteiger partial charge in [-0.1, -0.05) is 48.5 Å². The monoisotopic (exact) mass is 402 g/mol. The lowest BCUT2D eigenvalue weighted by atomic mass is 9.93. The number of para-hydroxylation sites is 1. The van der Waals surface area contributed by atoms with Gasteiger partial charge in [0.25, 0.3) is 0 Å². The fourth-order valence-corrected chi connectivity index (χ4v) is 3.00. The Balaban J connectivity index is 1.96. The van der Waals surface area contributed by atoms with E-state index in [-0.39, 0.29) is 6.54 Å². The second kappa shape index (κ2) is 7.39. The third-order valence-corrected chi connectivity index (χ3v) is 4.58. The van der Waals surface area contributed by atoms with Crippen LogP contribution in [0.15, 0.2) is 60.9 Å². The van der Waals surface area contributed by atoms with E-state index in [1.807, 2.05) is 55.5 Å². The summed E-state index contributed by atoms with van der Waals surface area (Å²) in [5, 5.41) is 5.55. The van der Waals surface area contributed by atoms with Crippen molar-refractivity contribution in [3.8, 4) is 11.3 Å². The highest BCUT2D eigenvalue weighted by Gasteiger charge is 2.39. The fourth-order valence-electron chi connectivity index (χ4n) is 3.00. The van der Waals surface area contributed by atoms with E-state index in [0.29, 0.717) is 0 Å². The standard InChI is InChI=1S/C22H21F3N2O2/c1-14-8-7-9-16(12-14)19-17-10-5-6-11-18(17)27(26-19)13-21(3,4)20(28)29-15(2)22(23,24)25/h5-12H,2,13H2,1,3-4H3. The zero-order chi connectivity index (χ0) is 21.4. The van der Waals surface area contributed by atoms with Crippen LogP contribution in [0.3, 0.4) is 0 Å². The fraction of sp³-hybridized carbons (Fsp3) is 0.273. The number of alkyl halides is 3. The van der Waals surface area contributed by atoms with Crippen LogP contribution in [0.2, 0.25) is 0 Å². The summed E-state index contributed by atoms with van der Waals surface area (Å²) in [5.41, 5.74) is 2.27. The number of hydrogen-bond donors (Lipinski definition) is 0. The largest absolute Gasteiger partial charge is 0.449 e. The Morgan fingerprint density at radius 3 is 2.48 bits per heavy atom. The molecule has 0 bridgehead atoms. The molecule has 0 saturated heterocycles. The highest BCUT2D eigenvalue weighted by molar-refractivity contribution is 5.93. The zero-order valence-electron chi connectivity index (χ0n) is 16.4. The van der Waals surface area contributed by atoms with Crippen LogP contribution in [0.1, 0.15) is 19.4 Å². The van der Waals surface area contributed by atoms with Gasteiger partial charge < -0.3 is 4.74 Å². The van der Waals surface area contributed by atoms with E-state index in [2.05, 4.69) is 16.4 Å². The van der Waals surface area contributed by atoms with Gasteiger partial charge in [-0.2, -0.15) is 18.3 Å². The molecular formula is C22H21F3N2O2. The number of rotatable bonds is 5. The van der Waals surface area contributed by atoms with E-state index >= 15 is 0 Å². The summed E-state index contributed by atoms with van der Waals surface area (Å²) in [6.45, 7) is 7.86. The Morgan fingerprint density at radius 1 is 1.14 bits per heavy atom. The number of nitrogens with zero attached hydrogens (tertiary/aromatic N) is 2. The molecule has 3 aromatic rings. The second-order valence-electron chi connectivity index (χ2n) is 7.59. The van der Waals surface area contributed by atoms with Crippen molar-refractivity contribution in [3.05, 3.63) is 66.4 Å². The number of fused-ring (bicyclic) bond motifs is 1. The maximum absolute atomic E-state index is 12.7. The Bertz CT molecular complexity index is 1080. The predicted molar refractivity (Wildman–Crippen MR) is 105 cm³/mol. The van der Waals surface area contributed by atoms with Crippen LogP contribution in [0.25, 0.3) is 22.2 Å². The summed E-state index contributed by atoms with van der Waals surface area (Å²) < 4.78 is 44.1. The second-order valence-corrected chi connectivity index (χ2v) is 7.59. The van der Waals surface area contributed by atoms with Gasteiger partial charge in [-0.3, -0.25) is 9.48 Å². The maximum atomic E-state index is 12.7. The molecule has 29 heavy (non-hydrogen) atoms. The van der Waals surface area contributed by atoms with Crippen LogP contribution in [0.5, 0.6) is 0 Å². The number of benzene rings is 2. The van der Waals surface area contributed by atoms with E-state index < -0.39 is 23.3 Å². The Kier molecular flexibility index (Phi) is 5.26. The molecule has 0 spiro atoms. The molecule has 152 valence electrons. The number of carbonyl (C=O) groups excluding carboxylic acids is 1. The van der Waals surface area contributed by atoms with Gasteiger partial charge in [0.1, 0.15) is 5.69 Å². The van der Waals surface area contributed by atoms with Crippen molar-refractivity contribution in [1.82, 2.24) is 9.78 Å². The summed E-state index contributed by atoms with van der Waals surface area (Å²) in [7, 11) is 0. The van der Waals surface area contributed by atoms with Crippen molar-refractivity contribution in [2.24, 2.45) is 5.41 Å². The number of hydrogen-bond acceptors (Lipinski definition) is 3. The number of aromatic nitrogens is 2.